The molecule has 1 atom stereocenters. The maximum atomic E-state index is 13.4. The summed E-state index contributed by atoms with van der Waals surface area (Å²) < 4.78 is 4.90. The van der Waals surface area contributed by atoms with Gasteiger partial charge in [-0.05, 0) is 36.9 Å². The fourth-order valence-corrected chi connectivity index (χ4v) is 3.31. The summed E-state index contributed by atoms with van der Waals surface area (Å²) in [6.45, 7) is 3.53. The van der Waals surface area contributed by atoms with E-state index in [1.165, 1.54) is 18.2 Å². The second-order valence-electron chi connectivity index (χ2n) is 6.17. The summed E-state index contributed by atoms with van der Waals surface area (Å²) in [7, 11) is 1.30. The van der Waals surface area contributed by atoms with Gasteiger partial charge in [0, 0.05) is 11.6 Å². The van der Waals surface area contributed by atoms with Crippen LogP contribution < -0.4 is 4.90 Å². The highest BCUT2D eigenvalue weighted by Crippen LogP contribution is 2.34. The van der Waals surface area contributed by atoms with Crippen molar-refractivity contribution in [3.63, 3.8) is 0 Å². The first kappa shape index (κ1) is 18.9. The highest BCUT2D eigenvalue weighted by molar-refractivity contribution is 6.33. The average molecular weight is 383 g/mol. The van der Waals surface area contributed by atoms with Crippen molar-refractivity contribution in [3.8, 4) is 0 Å². The van der Waals surface area contributed by atoms with Gasteiger partial charge in [0.2, 0.25) is 0 Å². The summed E-state index contributed by atoms with van der Waals surface area (Å²) in [6.07, 6.45) is 1.51. The van der Waals surface area contributed by atoms with Crippen LogP contribution in [-0.2, 0) is 9.53 Å². The van der Waals surface area contributed by atoms with Gasteiger partial charge >= 0.3 is 5.97 Å². The van der Waals surface area contributed by atoms with E-state index in [9.17, 15) is 9.59 Å². The molecular weight excluding hydrogens is 364 g/mol. The third-order valence-electron chi connectivity index (χ3n) is 4.48. The van der Waals surface area contributed by atoms with Crippen LogP contribution >= 0.6 is 11.6 Å². The van der Waals surface area contributed by atoms with Crippen LogP contribution in [0.1, 0.15) is 22.8 Å². The smallest absolute Gasteiger partial charge is 0.328 e. The van der Waals surface area contributed by atoms with Gasteiger partial charge in [0.25, 0.3) is 5.91 Å². The van der Waals surface area contributed by atoms with Gasteiger partial charge in [0.1, 0.15) is 11.2 Å². The van der Waals surface area contributed by atoms with Crippen molar-refractivity contribution < 1.29 is 14.3 Å². The first-order chi connectivity index (χ1) is 13.0. The van der Waals surface area contributed by atoms with Crippen molar-refractivity contribution in [1.29, 1.82) is 0 Å². The lowest BCUT2D eigenvalue weighted by Crippen LogP contribution is -2.44. The van der Waals surface area contributed by atoms with Gasteiger partial charge in [-0.3, -0.25) is 9.69 Å². The number of esters is 1. The molecule has 0 saturated heterocycles. The molecule has 0 fully saturated rings. The lowest BCUT2D eigenvalue weighted by atomic mass is 10.0. The van der Waals surface area contributed by atoms with E-state index in [1.54, 1.807) is 19.1 Å². The summed E-state index contributed by atoms with van der Waals surface area (Å²) in [5.74, 6) is -0.929. The molecule has 0 saturated carbocycles. The van der Waals surface area contributed by atoms with E-state index in [0.29, 0.717) is 5.69 Å². The van der Waals surface area contributed by atoms with Gasteiger partial charge in [-0.2, -0.15) is 0 Å². The highest BCUT2D eigenvalue weighted by atomic mass is 35.5. The Morgan fingerprint density at radius 2 is 1.85 bits per heavy atom. The van der Waals surface area contributed by atoms with E-state index in [0.717, 1.165) is 16.3 Å². The van der Waals surface area contributed by atoms with Crippen LogP contribution in [-0.4, -0.2) is 30.0 Å². The third-order valence-corrected chi connectivity index (χ3v) is 4.78. The number of carbonyl (C=O) groups is 2. The predicted octanol–water partition coefficient (Wildman–Crippen LogP) is 4.40. The molecule has 27 heavy (non-hydrogen) atoms. The number of amides is 1. The Morgan fingerprint density at radius 1 is 1.11 bits per heavy atom. The minimum Gasteiger partial charge on any atom is -0.467 e. The molecule has 3 aromatic rings. The van der Waals surface area contributed by atoms with Crippen LogP contribution in [0.4, 0.5) is 5.69 Å². The summed E-state index contributed by atoms with van der Waals surface area (Å²) in [5, 5.41) is 1.91. The van der Waals surface area contributed by atoms with Crippen LogP contribution in [0.3, 0.4) is 0 Å². The molecule has 0 spiro atoms. The quantitative estimate of drug-likeness (QED) is 0.495. The van der Waals surface area contributed by atoms with Crippen molar-refractivity contribution in [2.24, 2.45) is 0 Å². The minimum absolute atomic E-state index is 0.0856. The number of anilines is 1. The Morgan fingerprint density at radius 3 is 2.56 bits per heavy atom. The van der Waals surface area contributed by atoms with E-state index in [2.05, 4.69) is 4.98 Å². The van der Waals surface area contributed by atoms with Crippen molar-refractivity contribution in [2.45, 2.75) is 19.9 Å². The van der Waals surface area contributed by atoms with Gasteiger partial charge in [-0.15, -0.1) is 0 Å². The molecule has 0 aliphatic carbocycles. The van der Waals surface area contributed by atoms with Crippen molar-refractivity contribution in [3.05, 3.63) is 71.0 Å². The standard InChI is InChI=1S/C21H19ClN2O3/c1-13-10-11-15-7-4-5-8-16(15)18(13)24(14(2)21(26)27-3)20(25)17-9-6-12-23-19(17)22/h4-12,14H,1-3H3/t14-/m0/s1. The van der Waals surface area contributed by atoms with Crippen LogP contribution in [0.2, 0.25) is 5.15 Å². The number of aromatic nitrogens is 1. The number of ether oxygens (including phenoxy) is 1. The molecule has 0 unspecified atom stereocenters. The van der Waals surface area contributed by atoms with Crippen LogP contribution in [0.5, 0.6) is 0 Å². The van der Waals surface area contributed by atoms with Crippen molar-refractivity contribution in [2.75, 3.05) is 12.0 Å². The summed E-state index contributed by atoms with van der Waals surface area (Å²) >= 11 is 6.15. The molecule has 0 radical (unpaired) electrons. The van der Waals surface area contributed by atoms with Crippen LogP contribution in [0, 0.1) is 6.92 Å². The maximum Gasteiger partial charge on any atom is 0.328 e. The molecule has 3 rings (SSSR count). The Hall–Kier alpha value is -2.92. The second kappa shape index (κ2) is 7.76. The van der Waals surface area contributed by atoms with Crippen LogP contribution in [0.15, 0.2) is 54.7 Å². The third kappa shape index (κ3) is 3.51. The Bertz CT molecular complexity index is 1020. The molecule has 0 aliphatic heterocycles. The van der Waals surface area contributed by atoms with Crippen molar-refractivity contribution in [1.82, 2.24) is 4.98 Å². The van der Waals surface area contributed by atoms with Gasteiger partial charge in [0.05, 0.1) is 18.4 Å². The average Bonchev–Trinajstić information content (AvgIpc) is 2.69. The molecule has 138 valence electrons. The summed E-state index contributed by atoms with van der Waals surface area (Å²) in [4.78, 5) is 31.2. The fraction of sp³-hybridized carbons (Fsp3) is 0.190. The molecule has 2 aromatic carbocycles. The fourth-order valence-electron chi connectivity index (χ4n) is 3.11. The highest BCUT2D eigenvalue weighted by Gasteiger charge is 2.32. The van der Waals surface area contributed by atoms with E-state index < -0.39 is 17.9 Å². The predicted molar refractivity (Wildman–Crippen MR) is 106 cm³/mol. The minimum atomic E-state index is -0.844. The van der Waals surface area contributed by atoms with E-state index in [4.69, 9.17) is 16.3 Å². The Kier molecular flexibility index (Phi) is 5.42. The normalized spacial score (nSPS) is 11.9. The van der Waals surface area contributed by atoms with Gasteiger partial charge in [0.15, 0.2) is 0 Å². The molecule has 0 bridgehead atoms. The number of rotatable bonds is 4. The first-order valence-electron chi connectivity index (χ1n) is 8.46. The number of hydrogen-bond acceptors (Lipinski definition) is 4. The zero-order valence-electron chi connectivity index (χ0n) is 15.3. The zero-order valence-corrected chi connectivity index (χ0v) is 16.0. The molecule has 6 heteroatoms. The molecule has 1 amide bonds. The molecule has 0 N–H and O–H groups in total. The van der Waals surface area contributed by atoms with E-state index in [1.807, 2.05) is 43.3 Å². The molecule has 5 nitrogen and oxygen atoms in total. The molecular formula is C21H19ClN2O3. The number of aryl methyl sites for hydroxylation is 1. The van der Waals surface area contributed by atoms with Crippen LogP contribution in [0.25, 0.3) is 10.8 Å². The number of methoxy groups -OCH3 is 1. The number of halogens is 1. The van der Waals surface area contributed by atoms with Gasteiger partial charge < -0.3 is 4.74 Å². The molecule has 1 heterocycles. The lowest BCUT2D eigenvalue weighted by molar-refractivity contribution is -0.141. The number of nitrogens with zero attached hydrogens (tertiary/aromatic N) is 2. The van der Waals surface area contributed by atoms with E-state index >= 15 is 0 Å². The number of carbonyl (C=O) groups excluding carboxylic acids is 2. The number of hydrogen-bond donors (Lipinski definition) is 0. The number of fused-ring (bicyclic) bond motifs is 1. The Labute approximate surface area is 162 Å². The maximum absolute atomic E-state index is 13.4. The number of pyridine rings is 1. The van der Waals surface area contributed by atoms with Crippen molar-refractivity contribution >= 4 is 39.9 Å². The summed E-state index contributed by atoms with van der Waals surface area (Å²) in [6, 6.07) is 14.0. The topological polar surface area (TPSA) is 59.5 Å². The second-order valence-corrected chi connectivity index (χ2v) is 6.53. The van der Waals surface area contributed by atoms with E-state index in [-0.39, 0.29) is 10.7 Å². The largest absolute Gasteiger partial charge is 0.467 e. The van der Waals surface area contributed by atoms with Gasteiger partial charge in [-0.25, -0.2) is 9.78 Å². The summed E-state index contributed by atoms with van der Waals surface area (Å²) in [5.41, 5.74) is 1.73. The monoisotopic (exact) mass is 382 g/mol. The molecule has 0 aliphatic rings. The Balaban J connectivity index is 2.26. The van der Waals surface area contributed by atoms with Gasteiger partial charge in [-0.1, -0.05) is 48.0 Å². The SMILES string of the molecule is COC(=O)[C@H](C)N(C(=O)c1cccnc1Cl)c1c(C)ccc2ccccc12. The first-order valence-corrected chi connectivity index (χ1v) is 8.83. The number of benzene rings is 2. The zero-order chi connectivity index (χ0) is 19.6. The molecule has 1 aromatic heterocycles. The lowest BCUT2D eigenvalue weighted by Gasteiger charge is -2.30.